The molecule has 0 fully saturated rings. The van der Waals surface area contributed by atoms with E-state index < -0.39 is 0 Å². The van der Waals surface area contributed by atoms with Gasteiger partial charge in [-0.1, -0.05) is 19.4 Å². The summed E-state index contributed by atoms with van der Waals surface area (Å²) in [6.45, 7) is 5.53. The van der Waals surface area contributed by atoms with Crippen LogP contribution in [0.1, 0.15) is 37.2 Å². The van der Waals surface area contributed by atoms with E-state index in [4.69, 9.17) is 0 Å². The first-order valence-electron chi connectivity index (χ1n) is 4.83. The molecule has 3 heteroatoms. The predicted octanol–water partition coefficient (Wildman–Crippen LogP) is 3.07. The highest BCUT2D eigenvalue weighted by Gasteiger charge is 2.11. The fraction of sp³-hybridized carbons (Fsp3) is 0.455. The van der Waals surface area contributed by atoms with Crippen LogP contribution in [0.2, 0.25) is 0 Å². The van der Waals surface area contributed by atoms with Crippen LogP contribution in [0, 0.1) is 6.92 Å². The maximum Gasteiger partial charge on any atom is 0.129 e. The molecule has 0 aromatic carbocycles. The molecular formula is C11H15FN2. The van der Waals surface area contributed by atoms with Crippen molar-refractivity contribution >= 4 is 5.83 Å². The number of rotatable bonds is 3. The molecule has 1 rings (SSSR count). The van der Waals surface area contributed by atoms with Gasteiger partial charge in [0.05, 0.1) is 17.0 Å². The fourth-order valence-electron chi connectivity index (χ4n) is 1.40. The maximum atomic E-state index is 13.5. The molecule has 0 bridgehead atoms. The van der Waals surface area contributed by atoms with Gasteiger partial charge in [-0.05, 0) is 20.3 Å². The third kappa shape index (κ3) is 2.16. The summed E-state index contributed by atoms with van der Waals surface area (Å²) in [5.41, 5.74) is 2.08. The Labute approximate surface area is 83.9 Å². The van der Waals surface area contributed by atoms with Crippen LogP contribution in [0.3, 0.4) is 0 Å². The van der Waals surface area contributed by atoms with Crippen LogP contribution in [0.5, 0.6) is 0 Å². The topological polar surface area (TPSA) is 25.8 Å². The Morgan fingerprint density at radius 3 is 2.79 bits per heavy atom. The Bertz CT molecular complexity index is 345. The summed E-state index contributed by atoms with van der Waals surface area (Å²) in [7, 11) is 0. The third-order valence-electron chi connectivity index (χ3n) is 2.09. The molecule has 0 N–H and O–H groups in total. The molecule has 2 nitrogen and oxygen atoms in total. The van der Waals surface area contributed by atoms with Crippen molar-refractivity contribution in [1.29, 1.82) is 0 Å². The van der Waals surface area contributed by atoms with E-state index in [1.54, 1.807) is 13.8 Å². The highest BCUT2D eigenvalue weighted by molar-refractivity contribution is 5.62. The van der Waals surface area contributed by atoms with Gasteiger partial charge in [-0.15, -0.1) is 0 Å². The van der Waals surface area contributed by atoms with Crippen molar-refractivity contribution in [3.8, 4) is 0 Å². The van der Waals surface area contributed by atoms with Gasteiger partial charge in [-0.2, -0.15) is 0 Å². The number of aromatic nitrogens is 2. The Kier molecular flexibility index (Phi) is 3.74. The zero-order chi connectivity index (χ0) is 10.6. The summed E-state index contributed by atoms with van der Waals surface area (Å²) in [5.74, 6) is -0.230. The Balaban J connectivity index is 3.22. The summed E-state index contributed by atoms with van der Waals surface area (Å²) in [6.07, 6.45) is 4.69. The third-order valence-corrected chi connectivity index (χ3v) is 2.09. The molecule has 0 aliphatic carbocycles. The van der Waals surface area contributed by atoms with E-state index in [1.165, 1.54) is 12.4 Å². The van der Waals surface area contributed by atoms with Crippen molar-refractivity contribution in [3.63, 3.8) is 0 Å². The highest BCUT2D eigenvalue weighted by atomic mass is 19.1. The molecule has 1 aromatic rings. The molecule has 0 radical (unpaired) electrons. The maximum absolute atomic E-state index is 13.5. The van der Waals surface area contributed by atoms with Crippen molar-refractivity contribution in [2.75, 3.05) is 0 Å². The molecule has 0 atom stereocenters. The summed E-state index contributed by atoms with van der Waals surface area (Å²) < 4.78 is 13.5. The van der Waals surface area contributed by atoms with Gasteiger partial charge in [0, 0.05) is 0 Å². The molecular weight excluding hydrogens is 179 g/mol. The second kappa shape index (κ2) is 4.84. The first kappa shape index (κ1) is 10.8. The van der Waals surface area contributed by atoms with Crippen molar-refractivity contribution < 1.29 is 4.39 Å². The van der Waals surface area contributed by atoms with Crippen molar-refractivity contribution in [3.05, 3.63) is 29.4 Å². The fourth-order valence-corrected chi connectivity index (χ4v) is 1.40. The highest BCUT2D eigenvalue weighted by Crippen LogP contribution is 2.22. The van der Waals surface area contributed by atoms with E-state index >= 15 is 0 Å². The SMILES string of the molecule is C/C=C(/F)c1c(C)ncnc1CCC. The van der Waals surface area contributed by atoms with Crippen LogP contribution >= 0.6 is 0 Å². The van der Waals surface area contributed by atoms with Crippen LogP contribution < -0.4 is 0 Å². The van der Waals surface area contributed by atoms with E-state index in [0.717, 1.165) is 18.5 Å². The molecule has 76 valence electrons. The summed E-state index contributed by atoms with van der Waals surface area (Å²) in [6, 6.07) is 0. The summed E-state index contributed by atoms with van der Waals surface area (Å²) in [5, 5.41) is 0. The summed E-state index contributed by atoms with van der Waals surface area (Å²) in [4.78, 5) is 8.11. The lowest BCUT2D eigenvalue weighted by Crippen LogP contribution is -2.00. The van der Waals surface area contributed by atoms with Crippen LogP contribution in [0.15, 0.2) is 12.4 Å². The number of hydrogen-bond acceptors (Lipinski definition) is 2. The van der Waals surface area contributed by atoms with Crippen LogP contribution in [-0.2, 0) is 6.42 Å². The minimum atomic E-state index is -0.230. The molecule has 0 spiro atoms. The standard InChI is InChI=1S/C11H15FN2/c1-4-6-10-11(9(12)5-2)8(3)13-7-14-10/h5,7H,4,6H2,1-3H3/b9-5+. The normalized spacial score (nSPS) is 11.9. The molecule has 0 unspecified atom stereocenters. The number of aryl methyl sites for hydroxylation is 2. The van der Waals surface area contributed by atoms with Gasteiger partial charge >= 0.3 is 0 Å². The van der Waals surface area contributed by atoms with Crippen molar-refractivity contribution in [2.24, 2.45) is 0 Å². The lowest BCUT2D eigenvalue weighted by atomic mass is 10.1. The second-order valence-corrected chi connectivity index (χ2v) is 3.17. The van der Waals surface area contributed by atoms with Crippen LogP contribution in [0.4, 0.5) is 4.39 Å². The van der Waals surface area contributed by atoms with E-state index in [0.29, 0.717) is 11.3 Å². The molecule has 0 saturated carbocycles. The van der Waals surface area contributed by atoms with Crippen LogP contribution in [0.25, 0.3) is 5.83 Å². The van der Waals surface area contributed by atoms with Crippen molar-refractivity contribution in [1.82, 2.24) is 9.97 Å². The first-order chi connectivity index (χ1) is 6.70. The van der Waals surface area contributed by atoms with Gasteiger partial charge < -0.3 is 0 Å². The summed E-state index contributed by atoms with van der Waals surface area (Å²) >= 11 is 0. The van der Waals surface area contributed by atoms with E-state index in [9.17, 15) is 4.39 Å². The van der Waals surface area contributed by atoms with Gasteiger partial charge in [0.1, 0.15) is 12.2 Å². The number of hydrogen-bond donors (Lipinski definition) is 0. The molecule has 14 heavy (non-hydrogen) atoms. The molecule has 1 heterocycles. The monoisotopic (exact) mass is 194 g/mol. The average molecular weight is 194 g/mol. The number of nitrogens with zero attached hydrogens (tertiary/aromatic N) is 2. The van der Waals surface area contributed by atoms with Gasteiger partial charge in [-0.3, -0.25) is 0 Å². The number of allylic oxidation sites excluding steroid dienone is 1. The minimum absolute atomic E-state index is 0.230. The Morgan fingerprint density at radius 1 is 1.50 bits per heavy atom. The van der Waals surface area contributed by atoms with E-state index in [1.807, 2.05) is 0 Å². The zero-order valence-corrected chi connectivity index (χ0v) is 8.84. The van der Waals surface area contributed by atoms with E-state index in [2.05, 4.69) is 16.9 Å². The first-order valence-corrected chi connectivity index (χ1v) is 4.83. The van der Waals surface area contributed by atoms with Crippen molar-refractivity contribution in [2.45, 2.75) is 33.6 Å². The average Bonchev–Trinajstić information content (AvgIpc) is 2.18. The second-order valence-electron chi connectivity index (χ2n) is 3.17. The smallest absolute Gasteiger partial charge is 0.129 e. The lowest BCUT2D eigenvalue weighted by molar-refractivity contribution is 0.742. The van der Waals surface area contributed by atoms with E-state index in [-0.39, 0.29) is 5.83 Å². The molecule has 0 aliphatic heterocycles. The van der Waals surface area contributed by atoms with Gasteiger partial charge in [0.25, 0.3) is 0 Å². The molecule has 0 amide bonds. The number of halogens is 1. The lowest BCUT2D eigenvalue weighted by Gasteiger charge is -2.07. The van der Waals surface area contributed by atoms with Gasteiger partial charge in [0.2, 0.25) is 0 Å². The zero-order valence-electron chi connectivity index (χ0n) is 8.84. The van der Waals surface area contributed by atoms with Gasteiger partial charge in [-0.25, -0.2) is 14.4 Å². The quantitative estimate of drug-likeness (QED) is 0.739. The van der Waals surface area contributed by atoms with Crippen LogP contribution in [-0.4, -0.2) is 9.97 Å². The van der Waals surface area contributed by atoms with Gasteiger partial charge in [0.15, 0.2) is 0 Å². The molecule has 0 aliphatic rings. The predicted molar refractivity (Wildman–Crippen MR) is 55.5 cm³/mol. The largest absolute Gasteiger partial charge is 0.241 e. The Morgan fingerprint density at radius 2 is 2.21 bits per heavy atom. The Hall–Kier alpha value is -1.25. The minimum Gasteiger partial charge on any atom is -0.241 e. The molecule has 1 aromatic heterocycles. The molecule has 0 saturated heterocycles.